The predicted octanol–water partition coefficient (Wildman–Crippen LogP) is 2.56. The van der Waals surface area contributed by atoms with Crippen molar-refractivity contribution in [2.24, 2.45) is 0 Å². The zero-order chi connectivity index (χ0) is 13.6. The molecule has 3 rings (SSSR count). The zero-order valence-electron chi connectivity index (χ0n) is 11.3. The molecule has 0 saturated heterocycles. The highest BCUT2D eigenvalue weighted by molar-refractivity contribution is 7.08. The Bertz CT molecular complexity index is 734. The number of thiophene rings is 1. The number of hydrogen-bond donors (Lipinski definition) is 1. The van der Waals surface area contributed by atoms with Crippen LogP contribution in [-0.4, -0.2) is 19.3 Å². The van der Waals surface area contributed by atoms with Crippen LogP contribution in [0.1, 0.15) is 23.7 Å². The predicted molar refractivity (Wildman–Crippen MR) is 78.5 cm³/mol. The SMILES string of the molecule is CCn1nc(C)c2nc(N)n(Cc3cscc3C)c21. The summed E-state index contributed by atoms with van der Waals surface area (Å²) in [6, 6.07) is 0. The summed E-state index contributed by atoms with van der Waals surface area (Å²) in [5.74, 6) is 0.559. The number of nitrogens with two attached hydrogens (primary N) is 1. The Hall–Kier alpha value is -1.82. The van der Waals surface area contributed by atoms with Crippen molar-refractivity contribution in [3.8, 4) is 0 Å². The van der Waals surface area contributed by atoms with Crippen LogP contribution in [0.15, 0.2) is 10.8 Å². The quantitative estimate of drug-likeness (QED) is 0.799. The van der Waals surface area contributed by atoms with Crippen LogP contribution in [0.2, 0.25) is 0 Å². The Balaban J connectivity index is 2.17. The third kappa shape index (κ3) is 1.83. The fraction of sp³-hybridized carbons (Fsp3) is 0.385. The van der Waals surface area contributed by atoms with E-state index in [1.54, 1.807) is 11.3 Å². The molecule has 3 aromatic heterocycles. The highest BCUT2D eigenvalue weighted by Gasteiger charge is 2.17. The topological polar surface area (TPSA) is 61.7 Å². The lowest BCUT2D eigenvalue weighted by Crippen LogP contribution is -2.09. The van der Waals surface area contributed by atoms with E-state index in [-0.39, 0.29) is 0 Å². The highest BCUT2D eigenvalue weighted by Crippen LogP contribution is 2.24. The Morgan fingerprint density at radius 1 is 1.32 bits per heavy atom. The molecule has 100 valence electrons. The number of fused-ring (bicyclic) bond motifs is 1. The summed E-state index contributed by atoms with van der Waals surface area (Å²) in [6.07, 6.45) is 0. The average molecular weight is 275 g/mol. The zero-order valence-corrected chi connectivity index (χ0v) is 12.2. The fourth-order valence-corrected chi connectivity index (χ4v) is 3.19. The van der Waals surface area contributed by atoms with Crippen molar-refractivity contribution in [2.45, 2.75) is 33.9 Å². The Morgan fingerprint density at radius 2 is 2.11 bits per heavy atom. The molecule has 0 aliphatic heterocycles. The molecule has 0 unspecified atom stereocenters. The number of hydrogen-bond acceptors (Lipinski definition) is 4. The molecule has 3 heterocycles. The van der Waals surface area contributed by atoms with Crippen molar-refractivity contribution in [1.82, 2.24) is 19.3 Å². The number of nitrogens with zero attached hydrogens (tertiary/aromatic N) is 4. The van der Waals surface area contributed by atoms with Crippen LogP contribution < -0.4 is 5.73 Å². The van der Waals surface area contributed by atoms with E-state index in [0.717, 1.165) is 29.9 Å². The smallest absolute Gasteiger partial charge is 0.202 e. The first-order valence-electron chi connectivity index (χ1n) is 6.32. The van der Waals surface area contributed by atoms with Gasteiger partial charge in [0.05, 0.1) is 12.2 Å². The second-order valence-corrected chi connectivity index (χ2v) is 5.45. The molecule has 19 heavy (non-hydrogen) atoms. The van der Waals surface area contributed by atoms with Crippen molar-refractivity contribution >= 4 is 28.4 Å². The fourth-order valence-electron chi connectivity index (χ4n) is 2.34. The second kappa shape index (κ2) is 4.38. The van der Waals surface area contributed by atoms with Gasteiger partial charge in [-0.15, -0.1) is 0 Å². The summed E-state index contributed by atoms with van der Waals surface area (Å²) >= 11 is 1.72. The Labute approximate surface area is 115 Å². The molecular formula is C13H17N5S. The molecule has 0 radical (unpaired) electrons. The first-order valence-corrected chi connectivity index (χ1v) is 7.26. The van der Waals surface area contributed by atoms with Crippen LogP contribution >= 0.6 is 11.3 Å². The number of rotatable bonds is 3. The van der Waals surface area contributed by atoms with Crippen LogP contribution in [0.5, 0.6) is 0 Å². The summed E-state index contributed by atoms with van der Waals surface area (Å²) in [6.45, 7) is 7.75. The largest absolute Gasteiger partial charge is 0.369 e. The lowest BCUT2D eigenvalue weighted by Gasteiger charge is -2.07. The van der Waals surface area contributed by atoms with Crippen LogP contribution in [-0.2, 0) is 13.1 Å². The minimum atomic E-state index is 0.559. The van der Waals surface area contributed by atoms with Gasteiger partial charge in [-0.1, -0.05) is 0 Å². The van der Waals surface area contributed by atoms with Gasteiger partial charge in [0.25, 0.3) is 0 Å². The number of nitrogen functional groups attached to an aromatic ring is 1. The van der Waals surface area contributed by atoms with Gasteiger partial charge < -0.3 is 5.73 Å². The van der Waals surface area contributed by atoms with Gasteiger partial charge in [0.2, 0.25) is 5.95 Å². The van der Waals surface area contributed by atoms with Gasteiger partial charge in [0.15, 0.2) is 5.65 Å². The summed E-state index contributed by atoms with van der Waals surface area (Å²) < 4.78 is 4.02. The minimum Gasteiger partial charge on any atom is -0.369 e. The maximum absolute atomic E-state index is 6.07. The van der Waals surface area contributed by atoms with Crippen LogP contribution in [0.4, 0.5) is 5.95 Å². The van der Waals surface area contributed by atoms with E-state index in [0.29, 0.717) is 5.95 Å². The van der Waals surface area contributed by atoms with Crippen molar-refractivity contribution in [3.63, 3.8) is 0 Å². The standard InChI is InChI=1S/C13H17N5S/c1-4-18-12-11(9(3)16-18)15-13(14)17(12)5-10-7-19-6-8(10)2/h6-7H,4-5H2,1-3H3,(H2,14,15). The van der Waals surface area contributed by atoms with Crippen molar-refractivity contribution < 1.29 is 0 Å². The third-order valence-electron chi connectivity index (χ3n) is 3.42. The van der Waals surface area contributed by atoms with Gasteiger partial charge in [-0.2, -0.15) is 16.4 Å². The van der Waals surface area contributed by atoms with E-state index in [9.17, 15) is 0 Å². The lowest BCUT2D eigenvalue weighted by molar-refractivity contribution is 0.648. The molecule has 6 heteroatoms. The van der Waals surface area contributed by atoms with E-state index in [1.807, 2.05) is 16.2 Å². The summed E-state index contributed by atoms with van der Waals surface area (Å²) in [4.78, 5) is 4.45. The molecule has 0 fully saturated rings. The van der Waals surface area contributed by atoms with Gasteiger partial charge >= 0.3 is 0 Å². The summed E-state index contributed by atoms with van der Waals surface area (Å²) in [5.41, 5.74) is 11.5. The molecule has 0 aromatic carbocycles. The number of aryl methyl sites for hydroxylation is 3. The maximum Gasteiger partial charge on any atom is 0.202 e. The summed E-state index contributed by atoms with van der Waals surface area (Å²) in [7, 11) is 0. The van der Waals surface area contributed by atoms with E-state index < -0.39 is 0 Å². The average Bonchev–Trinajstić information content (AvgIpc) is 3.01. The van der Waals surface area contributed by atoms with E-state index in [2.05, 4.69) is 34.7 Å². The molecule has 0 bridgehead atoms. The normalized spacial score (nSPS) is 11.5. The minimum absolute atomic E-state index is 0.559. The monoisotopic (exact) mass is 275 g/mol. The maximum atomic E-state index is 6.07. The van der Waals surface area contributed by atoms with E-state index >= 15 is 0 Å². The molecule has 2 N–H and O–H groups in total. The molecule has 0 amide bonds. The second-order valence-electron chi connectivity index (χ2n) is 4.71. The molecule has 0 spiro atoms. The Kier molecular flexibility index (Phi) is 2.82. The molecular weight excluding hydrogens is 258 g/mol. The van der Waals surface area contributed by atoms with Crippen LogP contribution in [0, 0.1) is 13.8 Å². The van der Waals surface area contributed by atoms with E-state index in [4.69, 9.17) is 5.73 Å². The molecule has 0 atom stereocenters. The number of aromatic nitrogens is 4. The number of imidazole rings is 1. The molecule has 0 aliphatic carbocycles. The molecule has 3 aromatic rings. The van der Waals surface area contributed by atoms with Gasteiger partial charge in [0, 0.05) is 6.54 Å². The van der Waals surface area contributed by atoms with Gasteiger partial charge in [-0.3, -0.25) is 4.57 Å². The Morgan fingerprint density at radius 3 is 2.74 bits per heavy atom. The van der Waals surface area contributed by atoms with Crippen molar-refractivity contribution in [2.75, 3.05) is 5.73 Å². The third-order valence-corrected chi connectivity index (χ3v) is 4.33. The van der Waals surface area contributed by atoms with Crippen molar-refractivity contribution in [1.29, 1.82) is 0 Å². The number of anilines is 1. The lowest BCUT2D eigenvalue weighted by atomic mass is 10.2. The van der Waals surface area contributed by atoms with Crippen LogP contribution in [0.25, 0.3) is 11.2 Å². The first-order chi connectivity index (χ1) is 9.11. The van der Waals surface area contributed by atoms with Gasteiger partial charge in [-0.25, -0.2) is 9.67 Å². The molecule has 5 nitrogen and oxygen atoms in total. The van der Waals surface area contributed by atoms with Gasteiger partial charge in [-0.05, 0) is 42.7 Å². The molecule has 0 aliphatic rings. The van der Waals surface area contributed by atoms with Crippen LogP contribution in [0.3, 0.4) is 0 Å². The first kappa shape index (κ1) is 12.2. The van der Waals surface area contributed by atoms with Crippen molar-refractivity contribution in [3.05, 3.63) is 27.6 Å². The summed E-state index contributed by atoms with van der Waals surface area (Å²) in [5, 5.41) is 8.82. The molecule has 0 saturated carbocycles. The van der Waals surface area contributed by atoms with E-state index in [1.165, 1.54) is 11.1 Å². The highest BCUT2D eigenvalue weighted by atomic mass is 32.1. The van der Waals surface area contributed by atoms with Gasteiger partial charge in [0.1, 0.15) is 5.52 Å².